The third-order valence-corrected chi connectivity index (χ3v) is 11.5. The number of hydrogen-bond acceptors (Lipinski definition) is 3. The summed E-state index contributed by atoms with van der Waals surface area (Å²) in [4.78, 5) is 2.47. The van der Waals surface area contributed by atoms with Gasteiger partial charge in [0.1, 0.15) is 11.2 Å². The summed E-state index contributed by atoms with van der Waals surface area (Å²) in [6.07, 6.45) is 0. The van der Waals surface area contributed by atoms with E-state index in [4.69, 9.17) is 4.42 Å². The van der Waals surface area contributed by atoms with E-state index in [1.165, 1.54) is 36.5 Å². The lowest BCUT2D eigenvalue weighted by Gasteiger charge is -2.28. The molecule has 0 unspecified atom stereocenters. The third kappa shape index (κ3) is 4.31. The molecule has 0 bridgehead atoms. The molecule has 0 amide bonds. The second-order valence-corrected chi connectivity index (χ2v) is 14.4. The minimum absolute atomic E-state index is 0.875. The Hall–Kier alpha value is -6.62. The van der Waals surface area contributed by atoms with Gasteiger partial charge in [-0.05, 0) is 78.4 Å². The van der Waals surface area contributed by atoms with Crippen molar-refractivity contribution in [1.82, 2.24) is 4.57 Å². The molecule has 3 heterocycles. The van der Waals surface area contributed by atoms with E-state index < -0.39 is 0 Å². The van der Waals surface area contributed by atoms with Crippen LogP contribution in [0.5, 0.6) is 0 Å². The standard InChI is InChI=1S/C48H30N2OS/c1-3-14-31(15-4-1)34-27-28-42(47-37-20-8-11-24-43(37)51-48(34)47)50(33-26-29-45-38(30-33)35-18-9-12-25-44(35)52-45)41-23-13-22-40-46(41)36-19-7-10-21-39(36)49(40)32-16-5-2-6-17-32/h1-30H. The molecule has 3 nitrogen and oxygen atoms in total. The number of anilines is 3. The van der Waals surface area contributed by atoms with E-state index in [0.717, 1.165) is 61.3 Å². The van der Waals surface area contributed by atoms with E-state index in [9.17, 15) is 0 Å². The summed E-state index contributed by atoms with van der Waals surface area (Å²) in [7, 11) is 0. The lowest BCUT2D eigenvalue weighted by atomic mass is 9.99. The molecule has 244 valence electrons. The Labute approximate surface area is 303 Å². The van der Waals surface area contributed by atoms with Crippen molar-refractivity contribution >= 4 is 92.3 Å². The molecule has 0 saturated carbocycles. The normalized spacial score (nSPS) is 11.8. The van der Waals surface area contributed by atoms with Crippen molar-refractivity contribution in [3.63, 3.8) is 0 Å². The fourth-order valence-corrected chi connectivity index (χ4v) is 9.23. The van der Waals surface area contributed by atoms with E-state index in [-0.39, 0.29) is 0 Å². The molecule has 0 N–H and O–H groups in total. The molecule has 0 radical (unpaired) electrons. The first-order chi connectivity index (χ1) is 25.8. The van der Waals surface area contributed by atoms with Crippen molar-refractivity contribution in [2.45, 2.75) is 0 Å². The van der Waals surface area contributed by atoms with Crippen molar-refractivity contribution in [1.29, 1.82) is 0 Å². The van der Waals surface area contributed by atoms with Crippen molar-refractivity contribution in [3.05, 3.63) is 182 Å². The highest BCUT2D eigenvalue weighted by Crippen LogP contribution is 2.50. The zero-order valence-electron chi connectivity index (χ0n) is 28.0. The summed E-state index contributed by atoms with van der Waals surface area (Å²) >= 11 is 1.85. The summed E-state index contributed by atoms with van der Waals surface area (Å²) < 4.78 is 11.8. The van der Waals surface area contributed by atoms with Gasteiger partial charge < -0.3 is 13.9 Å². The Morgan fingerprint density at radius 2 is 1.13 bits per heavy atom. The average Bonchev–Trinajstić information content (AvgIpc) is 3.89. The smallest absolute Gasteiger partial charge is 0.145 e. The van der Waals surface area contributed by atoms with Gasteiger partial charge in [0.05, 0.1) is 27.8 Å². The molecule has 3 aromatic heterocycles. The predicted molar refractivity (Wildman–Crippen MR) is 221 cm³/mol. The largest absolute Gasteiger partial charge is 0.455 e. The summed E-state index contributed by atoms with van der Waals surface area (Å²) in [5, 5.41) is 7.13. The Kier molecular flexibility index (Phi) is 6.42. The maximum absolute atomic E-state index is 6.81. The van der Waals surface area contributed by atoms with Gasteiger partial charge in [-0.15, -0.1) is 11.3 Å². The molecular formula is C48H30N2OS. The predicted octanol–water partition coefficient (Wildman–Crippen LogP) is 14.2. The second-order valence-electron chi connectivity index (χ2n) is 13.3. The number of aromatic nitrogens is 1. The Morgan fingerprint density at radius 3 is 2.00 bits per heavy atom. The minimum Gasteiger partial charge on any atom is -0.455 e. The SMILES string of the molecule is c1ccc(-c2ccc(N(c3ccc4sc5ccccc5c4c3)c3cccc4c3c3ccccc3n4-c3ccccc3)c3c2oc2ccccc23)cc1. The van der Waals surface area contributed by atoms with Crippen LogP contribution >= 0.6 is 11.3 Å². The number of para-hydroxylation sites is 3. The first-order valence-electron chi connectivity index (χ1n) is 17.6. The van der Waals surface area contributed by atoms with Gasteiger partial charge in [-0.25, -0.2) is 0 Å². The first kappa shape index (κ1) is 29.1. The maximum atomic E-state index is 6.81. The Bertz CT molecular complexity index is 3120. The first-order valence-corrected chi connectivity index (χ1v) is 18.4. The average molecular weight is 683 g/mol. The van der Waals surface area contributed by atoms with E-state index >= 15 is 0 Å². The van der Waals surface area contributed by atoms with Gasteiger partial charge in [0.25, 0.3) is 0 Å². The van der Waals surface area contributed by atoms with Gasteiger partial charge in [-0.3, -0.25) is 0 Å². The van der Waals surface area contributed by atoms with E-state index in [1.54, 1.807) is 0 Å². The van der Waals surface area contributed by atoms with Crippen molar-refractivity contribution in [2.75, 3.05) is 4.90 Å². The minimum atomic E-state index is 0.875. The van der Waals surface area contributed by atoms with Crippen LogP contribution in [-0.2, 0) is 0 Å². The van der Waals surface area contributed by atoms with Crippen LogP contribution in [0.2, 0.25) is 0 Å². The van der Waals surface area contributed by atoms with Crippen LogP contribution in [0.1, 0.15) is 0 Å². The highest BCUT2D eigenvalue weighted by atomic mass is 32.1. The van der Waals surface area contributed by atoms with Crippen LogP contribution in [-0.4, -0.2) is 4.57 Å². The summed E-state index contributed by atoms with van der Waals surface area (Å²) in [6.45, 7) is 0. The molecule has 0 aliphatic carbocycles. The molecule has 11 aromatic rings. The monoisotopic (exact) mass is 682 g/mol. The van der Waals surface area contributed by atoms with Crippen molar-refractivity contribution in [2.24, 2.45) is 0 Å². The van der Waals surface area contributed by atoms with E-state index in [2.05, 4.69) is 191 Å². The fourth-order valence-electron chi connectivity index (χ4n) is 8.15. The quantitative estimate of drug-likeness (QED) is 0.180. The van der Waals surface area contributed by atoms with Crippen LogP contribution in [0.25, 0.3) is 80.7 Å². The zero-order valence-corrected chi connectivity index (χ0v) is 28.8. The van der Waals surface area contributed by atoms with E-state index in [1.807, 2.05) is 11.3 Å². The molecule has 4 heteroatoms. The molecule has 52 heavy (non-hydrogen) atoms. The summed E-state index contributed by atoms with van der Waals surface area (Å²) in [5.41, 5.74) is 10.7. The number of hydrogen-bond donors (Lipinski definition) is 0. The van der Waals surface area contributed by atoms with Gasteiger partial charge in [-0.2, -0.15) is 0 Å². The fraction of sp³-hybridized carbons (Fsp3) is 0. The molecular weight excluding hydrogens is 653 g/mol. The third-order valence-electron chi connectivity index (χ3n) is 10.4. The van der Waals surface area contributed by atoms with Gasteiger partial charge in [-0.1, -0.05) is 109 Å². The Morgan fingerprint density at radius 1 is 0.462 bits per heavy atom. The van der Waals surface area contributed by atoms with Crippen LogP contribution in [0.4, 0.5) is 17.1 Å². The molecule has 0 saturated heterocycles. The van der Waals surface area contributed by atoms with Gasteiger partial charge in [0, 0.05) is 53.3 Å². The van der Waals surface area contributed by atoms with E-state index in [0.29, 0.717) is 0 Å². The summed E-state index contributed by atoms with van der Waals surface area (Å²) in [5.74, 6) is 0. The number of furan rings is 1. The summed E-state index contributed by atoms with van der Waals surface area (Å²) in [6, 6.07) is 65.4. The molecule has 0 aliphatic heterocycles. The highest BCUT2D eigenvalue weighted by molar-refractivity contribution is 7.25. The maximum Gasteiger partial charge on any atom is 0.145 e. The van der Waals surface area contributed by atoms with Crippen LogP contribution in [0, 0.1) is 0 Å². The number of rotatable bonds is 5. The second kappa shape index (κ2) is 11.5. The van der Waals surface area contributed by atoms with Crippen molar-refractivity contribution in [3.8, 4) is 16.8 Å². The molecule has 0 atom stereocenters. The van der Waals surface area contributed by atoms with Crippen LogP contribution in [0.15, 0.2) is 186 Å². The zero-order chi connectivity index (χ0) is 34.2. The lowest BCUT2D eigenvalue weighted by molar-refractivity contribution is 0.670. The Balaban J connectivity index is 1.28. The number of thiophene rings is 1. The highest BCUT2D eigenvalue weighted by Gasteiger charge is 2.26. The molecule has 0 fully saturated rings. The van der Waals surface area contributed by atoms with Crippen LogP contribution < -0.4 is 4.90 Å². The van der Waals surface area contributed by atoms with Crippen molar-refractivity contribution < 1.29 is 4.42 Å². The van der Waals surface area contributed by atoms with Crippen LogP contribution in [0.3, 0.4) is 0 Å². The van der Waals surface area contributed by atoms with Gasteiger partial charge in [0.15, 0.2) is 0 Å². The number of nitrogens with zero attached hydrogens (tertiary/aromatic N) is 2. The number of benzene rings is 8. The lowest BCUT2D eigenvalue weighted by Crippen LogP contribution is -2.11. The molecule has 11 rings (SSSR count). The van der Waals surface area contributed by atoms with Gasteiger partial charge in [0.2, 0.25) is 0 Å². The topological polar surface area (TPSA) is 21.3 Å². The molecule has 0 aliphatic rings. The van der Waals surface area contributed by atoms with Gasteiger partial charge >= 0.3 is 0 Å². The molecule has 0 spiro atoms. The molecule has 8 aromatic carbocycles. The number of fused-ring (bicyclic) bond motifs is 9.